The molecule has 0 aliphatic heterocycles. The lowest BCUT2D eigenvalue weighted by Crippen LogP contribution is -2.42. The molecule has 0 aliphatic carbocycles. The van der Waals surface area contributed by atoms with Crippen LogP contribution in [0.15, 0.2) is 55.0 Å². The summed E-state index contributed by atoms with van der Waals surface area (Å²) in [7, 11) is 1.49. The van der Waals surface area contributed by atoms with Crippen LogP contribution in [0, 0.1) is 5.82 Å². The highest BCUT2D eigenvalue weighted by Gasteiger charge is 2.16. The molecule has 0 saturated heterocycles. The van der Waals surface area contributed by atoms with E-state index in [1.807, 2.05) is 0 Å². The van der Waals surface area contributed by atoms with Crippen molar-refractivity contribution in [2.75, 3.05) is 13.7 Å². The average molecular weight is 426 g/mol. The molecule has 2 N–H and O–H groups in total. The largest absolute Gasteiger partial charge is 0.493 e. The molecule has 0 atom stereocenters. The standard InChI is InChI=1S/C22H23FN4O4/c1-3-4-11-31-19-10-5-15(12-20(19)30-2)21(28)25-26-22(29)18-13-24-14-27(18)17-8-6-16(23)7-9-17/h5-10,12-14H,3-4,11H2,1-2H3,(H,25,28)(H,26,29). The molecule has 31 heavy (non-hydrogen) atoms. The van der Waals surface area contributed by atoms with Gasteiger partial charge in [0.1, 0.15) is 11.5 Å². The highest BCUT2D eigenvalue weighted by Crippen LogP contribution is 2.28. The Bertz CT molecular complexity index is 1050. The number of hydrazine groups is 1. The second-order valence-electron chi connectivity index (χ2n) is 6.60. The number of nitrogens with one attached hydrogen (secondary N) is 2. The second-order valence-corrected chi connectivity index (χ2v) is 6.60. The van der Waals surface area contributed by atoms with E-state index in [1.165, 1.54) is 54.5 Å². The maximum absolute atomic E-state index is 13.1. The van der Waals surface area contributed by atoms with Gasteiger partial charge in [0, 0.05) is 11.3 Å². The van der Waals surface area contributed by atoms with E-state index < -0.39 is 11.8 Å². The van der Waals surface area contributed by atoms with E-state index in [4.69, 9.17) is 9.47 Å². The van der Waals surface area contributed by atoms with Crippen LogP contribution in [0.5, 0.6) is 11.5 Å². The summed E-state index contributed by atoms with van der Waals surface area (Å²) in [6.45, 7) is 2.62. The zero-order chi connectivity index (χ0) is 22.2. The number of unbranched alkanes of at least 4 members (excludes halogenated alkanes) is 1. The van der Waals surface area contributed by atoms with Gasteiger partial charge in [0.15, 0.2) is 11.5 Å². The molecule has 9 heteroatoms. The normalized spacial score (nSPS) is 10.4. The molecule has 2 amide bonds. The van der Waals surface area contributed by atoms with Crippen LogP contribution < -0.4 is 20.3 Å². The van der Waals surface area contributed by atoms with Crippen LogP contribution in [0.1, 0.15) is 40.6 Å². The van der Waals surface area contributed by atoms with Gasteiger partial charge in [0.25, 0.3) is 11.8 Å². The fourth-order valence-corrected chi connectivity index (χ4v) is 2.77. The third-order valence-electron chi connectivity index (χ3n) is 4.45. The summed E-state index contributed by atoms with van der Waals surface area (Å²) in [5, 5.41) is 0. The SMILES string of the molecule is CCCCOc1ccc(C(=O)NNC(=O)c2cncn2-c2ccc(F)cc2)cc1OC. The molecule has 0 unspecified atom stereocenters. The zero-order valence-electron chi connectivity index (χ0n) is 17.2. The van der Waals surface area contributed by atoms with Gasteiger partial charge in [-0.2, -0.15) is 0 Å². The Kier molecular flexibility index (Phi) is 7.21. The van der Waals surface area contributed by atoms with E-state index in [2.05, 4.69) is 22.8 Å². The van der Waals surface area contributed by atoms with E-state index in [0.717, 1.165) is 12.8 Å². The highest BCUT2D eigenvalue weighted by molar-refractivity contribution is 5.98. The van der Waals surface area contributed by atoms with Crippen molar-refractivity contribution in [3.63, 3.8) is 0 Å². The third-order valence-corrected chi connectivity index (χ3v) is 4.45. The Morgan fingerprint density at radius 2 is 1.81 bits per heavy atom. The first-order chi connectivity index (χ1) is 15.0. The van der Waals surface area contributed by atoms with Crippen molar-refractivity contribution in [1.82, 2.24) is 20.4 Å². The van der Waals surface area contributed by atoms with Crippen molar-refractivity contribution in [3.05, 3.63) is 72.1 Å². The minimum Gasteiger partial charge on any atom is -0.493 e. The Morgan fingerprint density at radius 1 is 1.06 bits per heavy atom. The highest BCUT2D eigenvalue weighted by atomic mass is 19.1. The number of hydrogen-bond donors (Lipinski definition) is 2. The summed E-state index contributed by atoms with van der Waals surface area (Å²) in [6, 6.07) is 10.4. The summed E-state index contributed by atoms with van der Waals surface area (Å²) in [6.07, 6.45) is 4.68. The number of rotatable bonds is 8. The summed E-state index contributed by atoms with van der Waals surface area (Å²) in [5.41, 5.74) is 5.72. The minimum atomic E-state index is -0.582. The molecule has 8 nitrogen and oxygen atoms in total. The molecule has 0 spiro atoms. The number of carbonyl (C=O) groups excluding carboxylic acids is 2. The van der Waals surface area contributed by atoms with Gasteiger partial charge in [0.05, 0.1) is 26.2 Å². The molecule has 0 saturated carbocycles. The zero-order valence-corrected chi connectivity index (χ0v) is 17.2. The summed E-state index contributed by atoms with van der Waals surface area (Å²) < 4.78 is 25.6. The van der Waals surface area contributed by atoms with Crippen LogP contribution in [-0.2, 0) is 0 Å². The van der Waals surface area contributed by atoms with Gasteiger partial charge < -0.3 is 9.47 Å². The topological polar surface area (TPSA) is 94.5 Å². The van der Waals surface area contributed by atoms with Crippen LogP contribution in [0.2, 0.25) is 0 Å². The van der Waals surface area contributed by atoms with Gasteiger partial charge in [-0.25, -0.2) is 9.37 Å². The van der Waals surface area contributed by atoms with Crippen molar-refractivity contribution in [2.24, 2.45) is 0 Å². The number of ether oxygens (including phenoxy) is 2. The molecule has 0 bridgehead atoms. The van der Waals surface area contributed by atoms with Crippen molar-refractivity contribution in [1.29, 1.82) is 0 Å². The van der Waals surface area contributed by atoms with Gasteiger partial charge >= 0.3 is 0 Å². The lowest BCUT2D eigenvalue weighted by atomic mass is 10.2. The van der Waals surface area contributed by atoms with E-state index >= 15 is 0 Å². The first-order valence-electron chi connectivity index (χ1n) is 9.73. The molecule has 1 heterocycles. The Balaban J connectivity index is 1.65. The molecule has 0 aliphatic rings. The Morgan fingerprint density at radius 3 is 2.52 bits per heavy atom. The van der Waals surface area contributed by atoms with Crippen LogP contribution in [0.25, 0.3) is 5.69 Å². The van der Waals surface area contributed by atoms with Crippen LogP contribution in [0.3, 0.4) is 0 Å². The van der Waals surface area contributed by atoms with Crippen molar-refractivity contribution in [2.45, 2.75) is 19.8 Å². The Hall–Kier alpha value is -3.88. The van der Waals surface area contributed by atoms with E-state index in [9.17, 15) is 14.0 Å². The fraction of sp³-hybridized carbons (Fsp3) is 0.227. The number of imidazole rings is 1. The smallest absolute Gasteiger partial charge is 0.288 e. The number of methoxy groups -OCH3 is 1. The fourth-order valence-electron chi connectivity index (χ4n) is 2.77. The van der Waals surface area contributed by atoms with Gasteiger partial charge in [-0.1, -0.05) is 13.3 Å². The number of amides is 2. The molecule has 0 radical (unpaired) electrons. The molecule has 0 fully saturated rings. The van der Waals surface area contributed by atoms with Gasteiger partial charge in [-0.15, -0.1) is 0 Å². The van der Waals surface area contributed by atoms with Crippen molar-refractivity contribution in [3.8, 4) is 17.2 Å². The van der Waals surface area contributed by atoms with Crippen molar-refractivity contribution >= 4 is 11.8 Å². The van der Waals surface area contributed by atoms with Crippen molar-refractivity contribution < 1.29 is 23.5 Å². The van der Waals surface area contributed by atoms with Crippen LogP contribution in [0.4, 0.5) is 4.39 Å². The first kappa shape index (κ1) is 21.8. The summed E-state index contributed by atoms with van der Waals surface area (Å²) in [5.74, 6) is -0.537. The number of nitrogens with zero attached hydrogens (tertiary/aromatic N) is 2. The predicted octanol–water partition coefficient (Wildman–Crippen LogP) is 3.27. The van der Waals surface area contributed by atoms with Crippen LogP contribution >= 0.6 is 0 Å². The number of halogens is 1. The first-order valence-corrected chi connectivity index (χ1v) is 9.73. The molecular formula is C22H23FN4O4. The maximum Gasteiger partial charge on any atom is 0.288 e. The van der Waals surface area contributed by atoms with E-state index in [-0.39, 0.29) is 17.1 Å². The molecule has 162 valence electrons. The minimum absolute atomic E-state index is 0.171. The number of hydrogen-bond acceptors (Lipinski definition) is 5. The average Bonchev–Trinajstić information content (AvgIpc) is 3.28. The summed E-state index contributed by atoms with van der Waals surface area (Å²) >= 11 is 0. The quantitative estimate of drug-likeness (QED) is 0.426. The molecule has 1 aromatic heterocycles. The van der Waals surface area contributed by atoms with Gasteiger partial charge in [0.2, 0.25) is 0 Å². The predicted molar refractivity (Wildman–Crippen MR) is 112 cm³/mol. The maximum atomic E-state index is 13.1. The molecule has 3 rings (SSSR count). The van der Waals surface area contributed by atoms with Gasteiger partial charge in [-0.3, -0.25) is 25.0 Å². The Labute approximate surface area is 179 Å². The third kappa shape index (κ3) is 5.39. The number of carbonyl (C=O) groups is 2. The molecule has 3 aromatic rings. The molecule has 2 aromatic carbocycles. The number of aromatic nitrogens is 2. The molecular weight excluding hydrogens is 403 g/mol. The second kappa shape index (κ2) is 10.2. The monoisotopic (exact) mass is 426 g/mol. The van der Waals surface area contributed by atoms with Crippen LogP contribution in [-0.4, -0.2) is 35.1 Å². The summed E-state index contributed by atoms with van der Waals surface area (Å²) in [4.78, 5) is 28.9. The lowest BCUT2D eigenvalue weighted by molar-refractivity contribution is 0.0842. The lowest BCUT2D eigenvalue weighted by Gasteiger charge is -2.13. The van der Waals surface area contributed by atoms with E-state index in [0.29, 0.717) is 23.8 Å². The van der Waals surface area contributed by atoms with E-state index in [1.54, 1.807) is 12.1 Å². The van der Waals surface area contributed by atoms with Gasteiger partial charge in [-0.05, 0) is 48.9 Å². The number of benzene rings is 2.